The van der Waals surface area contributed by atoms with Crippen LogP contribution in [0.5, 0.6) is 0 Å². The number of hydrogen-bond acceptors (Lipinski definition) is 2. The number of nitrogens with one attached hydrogen (secondary N) is 1. The number of carbonyl (C=O) groups excluding carboxylic acids is 1. The van der Waals surface area contributed by atoms with E-state index in [1.165, 1.54) is 12.8 Å². The molecule has 1 amide bonds. The van der Waals surface area contributed by atoms with Crippen LogP contribution in [0.25, 0.3) is 0 Å². The summed E-state index contributed by atoms with van der Waals surface area (Å²) >= 11 is 0. The Hall–Kier alpha value is -2.41. The monoisotopic (exact) mass is 366 g/mol. The molecule has 1 N–H and O–H groups in total. The van der Waals surface area contributed by atoms with Gasteiger partial charge in [0.05, 0.1) is 5.56 Å². The Morgan fingerprint density at radius 2 is 1.62 bits per heavy atom. The van der Waals surface area contributed by atoms with Crippen LogP contribution in [0.2, 0.25) is 0 Å². The number of rotatable bonds is 5. The number of anilines is 1. The Morgan fingerprint density at radius 3 is 2.27 bits per heavy atom. The zero-order chi connectivity index (χ0) is 18.7. The number of amides is 1. The highest BCUT2D eigenvalue weighted by Crippen LogP contribution is 2.20. The van der Waals surface area contributed by atoms with Crippen LogP contribution in [0, 0.1) is 23.3 Å². The first kappa shape index (κ1) is 18.4. The predicted molar refractivity (Wildman–Crippen MR) is 90.0 cm³/mol. The first-order valence-corrected chi connectivity index (χ1v) is 8.41. The first-order valence-electron chi connectivity index (χ1n) is 8.41. The minimum absolute atomic E-state index is 0.341. The van der Waals surface area contributed by atoms with Crippen molar-refractivity contribution >= 4 is 11.6 Å². The van der Waals surface area contributed by atoms with Crippen LogP contribution < -0.4 is 5.32 Å². The Morgan fingerprint density at radius 1 is 0.962 bits per heavy atom. The van der Waals surface area contributed by atoms with E-state index >= 15 is 0 Å². The maximum Gasteiger partial charge on any atom is 0.258 e. The number of hydrogen-bond donors (Lipinski definition) is 1. The van der Waals surface area contributed by atoms with Crippen molar-refractivity contribution in [3.63, 3.8) is 0 Å². The van der Waals surface area contributed by atoms with Gasteiger partial charge in [0, 0.05) is 12.2 Å². The molecule has 2 aromatic rings. The Labute approximate surface area is 148 Å². The summed E-state index contributed by atoms with van der Waals surface area (Å²) in [6.07, 6.45) is 3.33. The highest BCUT2D eigenvalue weighted by Gasteiger charge is 2.23. The van der Waals surface area contributed by atoms with Gasteiger partial charge < -0.3 is 10.2 Å². The summed E-state index contributed by atoms with van der Waals surface area (Å²) in [6.45, 7) is 3.19. The van der Waals surface area contributed by atoms with E-state index in [0.717, 1.165) is 31.6 Å². The van der Waals surface area contributed by atoms with Crippen molar-refractivity contribution in [2.45, 2.75) is 19.3 Å². The Kier molecular flexibility index (Phi) is 5.56. The van der Waals surface area contributed by atoms with E-state index in [1.807, 2.05) is 12.1 Å². The van der Waals surface area contributed by atoms with Crippen LogP contribution >= 0.6 is 0 Å². The Balaban J connectivity index is 1.64. The lowest BCUT2D eigenvalue weighted by atomic mass is 10.1. The lowest BCUT2D eigenvalue weighted by molar-refractivity contribution is 0.102. The van der Waals surface area contributed by atoms with Gasteiger partial charge in [0.15, 0.2) is 23.3 Å². The molecule has 3 rings (SSSR count). The average molecular weight is 366 g/mol. The van der Waals surface area contributed by atoms with E-state index in [2.05, 4.69) is 10.2 Å². The molecule has 0 unspecified atom stereocenters. The molecule has 0 aromatic heterocycles. The van der Waals surface area contributed by atoms with Crippen LogP contribution in [0.3, 0.4) is 0 Å². The van der Waals surface area contributed by atoms with E-state index in [9.17, 15) is 22.4 Å². The summed E-state index contributed by atoms with van der Waals surface area (Å²) in [5.74, 6) is -8.34. The zero-order valence-corrected chi connectivity index (χ0v) is 14.0. The van der Waals surface area contributed by atoms with Gasteiger partial charge in [-0.15, -0.1) is 0 Å². The van der Waals surface area contributed by atoms with Crippen molar-refractivity contribution in [3.05, 3.63) is 64.7 Å². The molecule has 1 heterocycles. The molecule has 7 heteroatoms. The lowest BCUT2D eigenvalue weighted by Crippen LogP contribution is -2.21. The van der Waals surface area contributed by atoms with Crippen molar-refractivity contribution in [1.29, 1.82) is 0 Å². The minimum atomic E-state index is -2.01. The first-order chi connectivity index (χ1) is 12.5. The SMILES string of the molecule is O=C(Nc1ccc(CCN2CCCC2)cc1)c1cc(F)c(F)c(F)c1F. The molecule has 0 saturated carbocycles. The van der Waals surface area contributed by atoms with Gasteiger partial charge in [-0.2, -0.15) is 0 Å². The average Bonchev–Trinajstić information content (AvgIpc) is 3.16. The van der Waals surface area contributed by atoms with Gasteiger partial charge in [-0.3, -0.25) is 4.79 Å². The lowest BCUT2D eigenvalue weighted by Gasteiger charge is -2.14. The van der Waals surface area contributed by atoms with Gasteiger partial charge in [-0.1, -0.05) is 12.1 Å². The van der Waals surface area contributed by atoms with Gasteiger partial charge in [0.25, 0.3) is 5.91 Å². The maximum atomic E-state index is 13.7. The molecule has 1 fully saturated rings. The van der Waals surface area contributed by atoms with Gasteiger partial charge in [0.1, 0.15) is 0 Å². The van der Waals surface area contributed by atoms with Crippen molar-refractivity contribution in [1.82, 2.24) is 4.90 Å². The van der Waals surface area contributed by atoms with E-state index in [-0.39, 0.29) is 0 Å². The van der Waals surface area contributed by atoms with Crippen LogP contribution in [-0.2, 0) is 6.42 Å². The van der Waals surface area contributed by atoms with Crippen molar-refractivity contribution in [2.75, 3.05) is 25.0 Å². The fraction of sp³-hybridized carbons (Fsp3) is 0.316. The molecule has 0 aliphatic carbocycles. The highest BCUT2D eigenvalue weighted by molar-refractivity contribution is 6.04. The molecule has 26 heavy (non-hydrogen) atoms. The summed E-state index contributed by atoms with van der Waals surface area (Å²) < 4.78 is 53.1. The second-order valence-electron chi connectivity index (χ2n) is 6.30. The normalized spacial score (nSPS) is 14.6. The minimum Gasteiger partial charge on any atom is -0.322 e. The summed E-state index contributed by atoms with van der Waals surface area (Å²) in [5, 5.41) is 2.35. The molecule has 1 aliphatic rings. The fourth-order valence-electron chi connectivity index (χ4n) is 2.98. The van der Waals surface area contributed by atoms with Gasteiger partial charge in [-0.05, 0) is 56.1 Å². The topological polar surface area (TPSA) is 32.3 Å². The molecule has 0 spiro atoms. The van der Waals surface area contributed by atoms with E-state index in [0.29, 0.717) is 11.8 Å². The number of nitrogens with zero attached hydrogens (tertiary/aromatic N) is 1. The third-order valence-electron chi connectivity index (χ3n) is 4.47. The third-order valence-corrected chi connectivity index (χ3v) is 4.47. The van der Waals surface area contributed by atoms with Crippen molar-refractivity contribution < 1.29 is 22.4 Å². The smallest absolute Gasteiger partial charge is 0.258 e. The highest BCUT2D eigenvalue weighted by atomic mass is 19.2. The summed E-state index contributed by atoms with van der Waals surface area (Å²) in [4.78, 5) is 14.4. The molecule has 2 aromatic carbocycles. The fourth-order valence-corrected chi connectivity index (χ4v) is 2.98. The summed E-state index contributed by atoms with van der Waals surface area (Å²) in [7, 11) is 0. The van der Waals surface area contributed by atoms with Crippen LogP contribution in [0.4, 0.5) is 23.2 Å². The van der Waals surface area contributed by atoms with Crippen molar-refractivity contribution in [3.8, 4) is 0 Å². The maximum absolute atomic E-state index is 13.7. The number of carbonyl (C=O) groups is 1. The summed E-state index contributed by atoms with van der Waals surface area (Å²) in [6, 6.07) is 7.26. The standard InChI is InChI=1S/C19H18F4N2O/c20-15-11-14(16(21)18(23)17(15)22)19(26)24-13-5-3-12(4-6-13)7-10-25-8-1-2-9-25/h3-6,11H,1-2,7-10H2,(H,24,26). The predicted octanol–water partition coefficient (Wildman–Crippen LogP) is 4.13. The van der Waals surface area contributed by atoms with Crippen LogP contribution in [0.15, 0.2) is 30.3 Å². The molecule has 0 bridgehead atoms. The van der Waals surface area contributed by atoms with E-state index in [4.69, 9.17) is 0 Å². The zero-order valence-electron chi connectivity index (χ0n) is 14.0. The third kappa shape index (κ3) is 4.04. The molecule has 1 aliphatic heterocycles. The van der Waals surface area contributed by atoms with Crippen molar-refractivity contribution in [2.24, 2.45) is 0 Å². The molecule has 0 radical (unpaired) electrons. The van der Waals surface area contributed by atoms with Gasteiger partial charge in [0.2, 0.25) is 0 Å². The second kappa shape index (κ2) is 7.86. The van der Waals surface area contributed by atoms with Gasteiger partial charge in [-0.25, -0.2) is 17.6 Å². The number of halogens is 4. The van der Waals surface area contributed by atoms with E-state index in [1.54, 1.807) is 12.1 Å². The van der Waals surface area contributed by atoms with Gasteiger partial charge >= 0.3 is 0 Å². The molecular formula is C19H18F4N2O. The summed E-state index contributed by atoms with van der Waals surface area (Å²) in [5.41, 5.74) is 0.545. The number of benzene rings is 2. The van der Waals surface area contributed by atoms with E-state index < -0.39 is 34.7 Å². The molecule has 138 valence electrons. The van der Waals surface area contributed by atoms with Crippen LogP contribution in [-0.4, -0.2) is 30.4 Å². The number of likely N-dealkylation sites (tertiary alicyclic amines) is 1. The Bertz CT molecular complexity index is 802. The second-order valence-corrected chi connectivity index (χ2v) is 6.30. The molecular weight excluding hydrogens is 348 g/mol. The largest absolute Gasteiger partial charge is 0.322 e. The van der Waals surface area contributed by atoms with Crippen LogP contribution in [0.1, 0.15) is 28.8 Å². The molecule has 0 atom stereocenters. The molecule has 1 saturated heterocycles. The quantitative estimate of drug-likeness (QED) is 0.490. The molecule has 3 nitrogen and oxygen atoms in total.